The molecule has 142 valence electrons. The molecule has 1 aromatic carbocycles. The van der Waals surface area contributed by atoms with Gasteiger partial charge < -0.3 is 19.2 Å². The van der Waals surface area contributed by atoms with Crippen LogP contribution in [0, 0.1) is 5.82 Å². The standard InChI is InChI=1S/C20H18FN5O2/c1-10-9-23-18-16-11(4-5-22-18)8-15(26(10)16)19-24-14-7-12(20(27)28-3)6-13(21)17(14)25(19)2/h4-8,10H,9H2,1-3H3,(H,22,23). The molecular weight excluding hydrogens is 361 g/mol. The average Bonchev–Trinajstić information content (AvgIpc) is 3.23. The minimum absolute atomic E-state index is 0.142. The third-order valence-electron chi connectivity index (χ3n) is 5.33. The number of halogens is 1. The van der Waals surface area contributed by atoms with Gasteiger partial charge in [0.05, 0.1) is 29.4 Å². The summed E-state index contributed by atoms with van der Waals surface area (Å²) in [6.45, 7) is 2.86. The number of carbonyl (C=O) groups is 1. The molecular formula is C20H18FN5O2. The van der Waals surface area contributed by atoms with Crippen LogP contribution in [0.3, 0.4) is 0 Å². The molecule has 1 aliphatic rings. The third-order valence-corrected chi connectivity index (χ3v) is 5.33. The first-order chi connectivity index (χ1) is 13.5. The van der Waals surface area contributed by atoms with Crippen LogP contribution in [0.5, 0.6) is 0 Å². The Bertz CT molecular complexity index is 1270. The number of hydrogen-bond donors (Lipinski definition) is 1. The highest BCUT2D eigenvalue weighted by Crippen LogP contribution is 2.37. The summed E-state index contributed by atoms with van der Waals surface area (Å²) >= 11 is 0. The van der Waals surface area contributed by atoms with Gasteiger partial charge in [-0.05, 0) is 31.2 Å². The van der Waals surface area contributed by atoms with E-state index in [0.717, 1.165) is 29.0 Å². The van der Waals surface area contributed by atoms with E-state index in [1.807, 2.05) is 12.1 Å². The molecule has 4 heterocycles. The largest absolute Gasteiger partial charge is 0.465 e. The minimum atomic E-state index is -0.591. The van der Waals surface area contributed by atoms with Gasteiger partial charge in [-0.3, -0.25) is 0 Å². The molecule has 0 saturated heterocycles. The maximum atomic E-state index is 14.8. The van der Waals surface area contributed by atoms with Gasteiger partial charge in [0.1, 0.15) is 11.3 Å². The van der Waals surface area contributed by atoms with E-state index in [-0.39, 0.29) is 11.6 Å². The quantitative estimate of drug-likeness (QED) is 0.540. The van der Waals surface area contributed by atoms with Crippen LogP contribution < -0.4 is 5.32 Å². The molecule has 7 nitrogen and oxygen atoms in total. The lowest BCUT2D eigenvalue weighted by Crippen LogP contribution is -2.23. The van der Waals surface area contributed by atoms with Crippen LogP contribution >= 0.6 is 0 Å². The van der Waals surface area contributed by atoms with E-state index in [1.165, 1.54) is 13.2 Å². The van der Waals surface area contributed by atoms with E-state index >= 15 is 0 Å². The molecule has 0 aliphatic carbocycles. The fraction of sp³-hybridized carbons (Fsp3) is 0.250. The van der Waals surface area contributed by atoms with Crippen molar-refractivity contribution in [3.8, 4) is 11.5 Å². The van der Waals surface area contributed by atoms with E-state index in [4.69, 9.17) is 4.74 Å². The number of pyridine rings is 1. The molecule has 1 atom stereocenters. The number of nitrogens with zero attached hydrogens (tertiary/aromatic N) is 4. The van der Waals surface area contributed by atoms with Gasteiger partial charge in [0.15, 0.2) is 11.6 Å². The second-order valence-electron chi connectivity index (χ2n) is 7.04. The van der Waals surface area contributed by atoms with Gasteiger partial charge >= 0.3 is 5.97 Å². The zero-order chi connectivity index (χ0) is 19.6. The fourth-order valence-electron chi connectivity index (χ4n) is 4.03. The number of hydrogen-bond acceptors (Lipinski definition) is 5. The van der Waals surface area contributed by atoms with Crippen molar-refractivity contribution in [3.63, 3.8) is 0 Å². The minimum Gasteiger partial charge on any atom is -0.465 e. The van der Waals surface area contributed by atoms with Crippen molar-refractivity contribution in [3.05, 3.63) is 41.8 Å². The number of methoxy groups -OCH3 is 1. The van der Waals surface area contributed by atoms with Gasteiger partial charge in [0.2, 0.25) is 0 Å². The molecule has 1 aliphatic heterocycles. The maximum absolute atomic E-state index is 14.8. The van der Waals surface area contributed by atoms with Crippen LogP contribution in [-0.2, 0) is 11.8 Å². The fourth-order valence-corrected chi connectivity index (χ4v) is 4.03. The highest BCUT2D eigenvalue weighted by Gasteiger charge is 2.26. The summed E-state index contributed by atoms with van der Waals surface area (Å²) < 4.78 is 23.4. The lowest BCUT2D eigenvalue weighted by Gasteiger charge is -2.25. The molecule has 1 N–H and O–H groups in total. The van der Waals surface area contributed by atoms with Crippen LogP contribution in [0.15, 0.2) is 30.5 Å². The summed E-state index contributed by atoms with van der Waals surface area (Å²) in [5.74, 6) is 0.365. The maximum Gasteiger partial charge on any atom is 0.338 e. The molecule has 28 heavy (non-hydrogen) atoms. The highest BCUT2D eigenvalue weighted by atomic mass is 19.1. The van der Waals surface area contributed by atoms with Crippen molar-refractivity contribution in [2.75, 3.05) is 19.0 Å². The lowest BCUT2D eigenvalue weighted by molar-refractivity contribution is 0.0600. The summed E-state index contributed by atoms with van der Waals surface area (Å²) in [6.07, 6.45) is 1.77. The molecule has 1 unspecified atom stereocenters. The number of imidazole rings is 1. The van der Waals surface area contributed by atoms with E-state index in [0.29, 0.717) is 16.9 Å². The number of benzene rings is 1. The van der Waals surface area contributed by atoms with E-state index in [2.05, 4.69) is 26.8 Å². The number of fused-ring (bicyclic) bond motifs is 1. The third kappa shape index (κ3) is 2.17. The number of aromatic nitrogens is 4. The Morgan fingerprint density at radius 3 is 2.93 bits per heavy atom. The number of anilines is 1. The van der Waals surface area contributed by atoms with Gasteiger partial charge in [-0.2, -0.15) is 0 Å². The van der Waals surface area contributed by atoms with Gasteiger partial charge in [-0.25, -0.2) is 19.2 Å². The molecule has 5 rings (SSSR count). The Morgan fingerprint density at radius 1 is 1.32 bits per heavy atom. The number of carbonyl (C=O) groups excluding carboxylic acids is 1. The Hall–Kier alpha value is -3.42. The van der Waals surface area contributed by atoms with Crippen molar-refractivity contribution in [2.45, 2.75) is 13.0 Å². The van der Waals surface area contributed by atoms with E-state index < -0.39 is 11.8 Å². The zero-order valence-electron chi connectivity index (χ0n) is 15.7. The van der Waals surface area contributed by atoms with Crippen molar-refractivity contribution < 1.29 is 13.9 Å². The Kier molecular flexibility index (Phi) is 3.46. The number of nitrogens with one attached hydrogen (secondary N) is 1. The molecule has 0 amide bonds. The van der Waals surface area contributed by atoms with Crippen molar-refractivity contribution in [1.82, 2.24) is 19.1 Å². The van der Waals surface area contributed by atoms with Crippen molar-refractivity contribution in [1.29, 1.82) is 0 Å². The summed E-state index contributed by atoms with van der Waals surface area (Å²) in [4.78, 5) is 20.9. The van der Waals surface area contributed by atoms with E-state index in [1.54, 1.807) is 23.9 Å². The highest BCUT2D eigenvalue weighted by molar-refractivity contribution is 5.97. The SMILES string of the molecule is COC(=O)c1cc(F)c2c(c1)nc(-c1cc3ccnc4c3n1C(C)CN4)n2C. The number of esters is 1. The summed E-state index contributed by atoms with van der Waals surface area (Å²) in [7, 11) is 3.05. The topological polar surface area (TPSA) is 74.0 Å². The molecule has 3 aromatic heterocycles. The number of rotatable bonds is 2. The van der Waals surface area contributed by atoms with Crippen LogP contribution in [-0.4, -0.2) is 38.7 Å². The van der Waals surface area contributed by atoms with Crippen LogP contribution in [0.1, 0.15) is 23.3 Å². The molecule has 0 fully saturated rings. The molecule has 0 spiro atoms. The summed E-state index contributed by atoms with van der Waals surface area (Å²) in [5, 5.41) is 4.39. The normalized spacial score (nSPS) is 15.8. The second kappa shape index (κ2) is 5.79. The van der Waals surface area contributed by atoms with Gasteiger partial charge in [0.25, 0.3) is 0 Å². The molecule has 0 saturated carbocycles. The Labute approximate surface area is 159 Å². The molecule has 0 radical (unpaired) electrons. The summed E-state index contributed by atoms with van der Waals surface area (Å²) in [5.41, 5.74) is 2.80. The van der Waals surface area contributed by atoms with Gasteiger partial charge in [0, 0.05) is 31.2 Å². The summed E-state index contributed by atoms with van der Waals surface area (Å²) in [6, 6.07) is 6.93. The molecule has 8 heteroatoms. The van der Waals surface area contributed by atoms with Crippen molar-refractivity contribution in [2.24, 2.45) is 7.05 Å². The first-order valence-electron chi connectivity index (χ1n) is 8.98. The van der Waals surface area contributed by atoms with Gasteiger partial charge in [-0.1, -0.05) is 0 Å². The van der Waals surface area contributed by atoms with Crippen LogP contribution in [0.4, 0.5) is 10.2 Å². The zero-order valence-corrected chi connectivity index (χ0v) is 15.7. The predicted octanol–water partition coefficient (Wildman–Crippen LogP) is 3.50. The predicted molar refractivity (Wildman–Crippen MR) is 104 cm³/mol. The first-order valence-corrected chi connectivity index (χ1v) is 8.98. The lowest BCUT2D eigenvalue weighted by atomic mass is 10.2. The van der Waals surface area contributed by atoms with Gasteiger partial charge in [-0.15, -0.1) is 0 Å². The van der Waals surface area contributed by atoms with E-state index in [9.17, 15) is 9.18 Å². The first kappa shape index (κ1) is 16.7. The Morgan fingerprint density at radius 2 is 2.14 bits per heavy atom. The second-order valence-corrected chi connectivity index (χ2v) is 7.04. The molecule has 4 aromatic rings. The van der Waals surface area contributed by atoms with Crippen molar-refractivity contribution >= 4 is 33.7 Å². The van der Waals surface area contributed by atoms with Crippen LogP contribution in [0.25, 0.3) is 33.5 Å². The Balaban J connectivity index is 1.80. The van der Waals surface area contributed by atoms with Crippen LogP contribution in [0.2, 0.25) is 0 Å². The monoisotopic (exact) mass is 379 g/mol. The number of aryl methyl sites for hydroxylation is 1. The average molecular weight is 379 g/mol. The number of ether oxygens (including phenoxy) is 1. The molecule has 0 bridgehead atoms. The smallest absolute Gasteiger partial charge is 0.338 e.